The maximum atomic E-state index is 12.3. The molecule has 8 nitrogen and oxygen atoms in total. The second-order valence-electron chi connectivity index (χ2n) is 5.79. The van der Waals surface area contributed by atoms with Gasteiger partial charge in [0.25, 0.3) is 5.56 Å². The van der Waals surface area contributed by atoms with Crippen molar-refractivity contribution in [3.8, 4) is 0 Å². The number of aliphatic carboxylic acids is 1. The van der Waals surface area contributed by atoms with Crippen molar-refractivity contribution < 1.29 is 14.7 Å². The van der Waals surface area contributed by atoms with E-state index in [2.05, 4.69) is 10.3 Å². The van der Waals surface area contributed by atoms with Crippen LogP contribution < -0.4 is 21.7 Å². The number of carbonyl (C=O) groups excluding carboxylic acids is 2. The van der Waals surface area contributed by atoms with E-state index in [0.29, 0.717) is 10.9 Å². The fourth-order valence-corrected chi connectivity index (χ4v) is 2.36. The highest BCUT2D eigenvalue weighted by atomic mass is 16.4. The Labute approximate surface area is 137 Å². The maximum Gasteiger partial charge on any atom is 0.328 e. The van der Waals surface area contributed by atoms with E-state index in [1.807, 2.05) is 0 Å². The van der Waals surface area contributed by atoms with Gasteiger partial charge in [0, 0.05) is 13.0 Å². The Morgan fingerprint density at radius 3 is 2.54 bits per heavy atom. The molecule has 0 aliphatic carbocycles. The Hall–Kier alpha value is -2.90. The number of aromatic nitrogens is 2. The fraction of sp³-hybridized carbons (Fsp3) is 0.375. The van der Waals surface area contributed by atoms with Crippen LogP contribution in [-0.4, -0.2) is 27.5 Å². The number of para-hydroxylation sites is 1. The van der Waals surface area contributed by atoms with Gasteiger partial charge in [0.15, 0.2) is 0 Å². The van der Waals surface area contributed by atoms with Crippen LogP contribution in [0, 0.1) is 5.92 Å². The van der Waals surface area contributed by atoms with Crippen LogP contribution in [0.4, 0.5) is 0 Å². The molecule has 0 unspecified atom stereocenters. The minimum Gasteiger partial charge on any atom is -0.548 e. The van der Waals surface area contributed by atoms with Gasteiger partial charge < -0.3 is 20.2 Å². The van der Waals surface area contributed by atoms with Crippen molar-refractivity contribution in [2.45, 2.75) is 32.9 Å². The number of carboxylic acids is 1. The number of amides is 1. The molecule has 2 rings (SSSR count). The van der Waals surface area contributed by atoms with Gasteiger partial charge in [0.1, 0.15) is 0 Å². The molecule has 0 saturated heterocycles. The predicted molar refractivity (Wildman–Crippen MR) is 85.2 cm³/mol. The largest absolute Gasteiger partial charge is 0.548 e. The lowest BCUT2D eigenvalue weighted by Gasteiger charge is -2.23. The lowest BCUT2D eigenvalue weighted by atomic mass is 10.0. The van der Waals surface area contributed by atoms with E-state index >= 15 is 0 Å². The summed E-state index contributed by atoms with van der Waals surface area (Å²) in [6.07, 6.45) is -0.197. The number of nitrogens with one attached hydrogen (secondary N) is 2. The summed E-state index contributed by atoms with van der Waals surface area (Å²) in [7, 11) is 0. The number of aromatic amines is 1. The molecule has 0 bridgehead atoms. The van der Waals surface area contributed by atoms with Gasteiger partial charge in [-0.15, -0.1) is 0 Å². The van der Waals surface area contributed by atoms with Gasteiger partial charge in [0.2, 0.25) is 5.91 Å². The van der Waals surface area contributed by atoms with Crippen LogP contribution in [0.5, 0.6) is 0 Å². The molecule has 0 aliphatic rings. The van der Waals surface area contributed by atoms with Crippen molar-refractivity contribution in [1.29, 1.82) is 0 Å². The third-order valence-corrected chi connectivity index (χ3v) is 3.69. The van der Waals surface area contributed by atoms with E-state index in [0.717, 1.165) is 4.57 Å². The molecule has 2 aromatic rings. The van der Waals surface area contributed by atoms with Gasteiger partial charge >= 0.3 is 5.69 Å². The van der Waals surface area contributed by atoms with E-state index in [1.54, 1.807) is 38.1 Å². The van der Waals surface area contributed by atoms with Gasteiger partial charge in [-0.1, -0.05) is 26.0 Å². The van der Waals surface area contributed by atoms with E-state index in [-0.39, 0.29) is 18.9 Å². The first kappa shape index (κ1) is 17.5. The first-order valence-electron chi connectivity index (χ1n) is 7.53. The van der Waals surface area contributed by atoms with Crippen molar-refractivity contribution in [3.05, 3.63) is 45.1 Å². The van der Waals surface area contributed by atoms with Crippen LogP contribution in [-0.2, 0) is 16.1 Å². The summed E-state index contributed by atoms with van der Waals surface area (Å²) in [5.41, 5.74) is -0.695. The first-order chi connectivity index (χ1) is 11.3. The third-order valence-electron chi connectivity index (χ3n) is 3.69. The van der Waals surface area contributed by atoms with Crippen molar-refractivity contribution >= 4 is 22.8 Å². The van der Waals surface area contributed by atoms with Crippen LogP contribution in [0.15, 0.2) is 33.9 Å². The monoisotopic (exact) mass is 332 g/mol. The van der Waals surface area contributed by atoms with Crippen LogP contribution in [0.2, 0.25) is 0 Å². The first-order valence-corrected chi connectivity index (χ1v) is 7.53. The summed E-state index contributed by atoms with van der Waals surface area (Å²) in [4.78, 5) is 49.7. The molecule has 2 N–H and O–H groups in total. The zero-order valence-electron chi connectivity index (χ0n) is 13.4. The Bertz CT molecular complexity index is 881. The molecule has 1 aromatic heterocycles. The molecule has 0 spiro atoms. The standard InChI is InChI=1S/C16H19N3O5/c1-9(2)13(15(22)23)18-12(20)7-8-19-14(21)10-5-3-4-6-11(10)17-16(19)24/h3-6,9,13H,7-8H2,1-2H3,(H,17,24)(H,18,20)(H,22,23)/p-1/t13-/m0/s1. The van der Waals surface area contributed by atoms with Gasteiger partial charge in [-0.25, -0.2) is 4.79 Å². The number of rotatable bonds is 6. The molecule has 0 saturated carbocycles. The van der Waals surface area contributed by atoms with E-state index in [1.165, 1.54) is 0 Å². The summed E-state index contributed by atoms with van der Waals surface area (Å²) in [5, 5.41) is 13.6. The van der Waals surface area contributed by atoms with Crippen molar-refractivity contribution in [2.24, 2.45) is 5.92 Å². The Morgan fingerprint density at radius 2 is 1.92 bits per heavy atom. The minimum atomic E-state index is -1.38. The van der Waals surface area contributed by atoms with Crippen molar-refractivity contribution in [1.82, 2.24) is 14.9 Å². The zero-order chi connectivity index (χ0) is 17.9. The zero-order valence-corrected chi connectivity index (χ0v) is 13.4. The summed E-state index contributed by atoms with van der Waals surface area (Å²) in [5.74, 6) is -2.29. The molecule has 0 fully saturated rings. The summed E-state index contributed by atoms with van der Waals surface area (Å²) < 4.78 is 0.922. The molecule has 1 heterocycles. The quantitative estimate of drug-likeness (QED) is 0.700. The Morgan fingerprint density at radius 1 is 1.25 bits per heavy atom. The van der Waals surface area contributed by atoms with E-state index in [4.69, 9.17) is 0 Å². The van der Waals surface area contributed by atoms with Crippen LogP contribution in [0.25, 0.3) is 10.9 Å². The molecular weight excluding hydrogens is 314 g/mol. The minimum absolute atomic E-state index is 0.150. The van der Waals surface area contributed by atoms with E-state index in [9.17, 15) is 24.3 Å². The topological polar surface area (TPSA) is 124 Å². The van der Waals surface area contributed by atoms with Crippen LogP contribution in [0.3, 0.4) is 0 Å². The lowest BCUT2D eigenvalue weighted by molar-refractivity contribution is -0.309. The number of fused-ring (bicyclic) bond motifs is 1. The van der Waals surface area contributed by atoms with Crippen LogP contribution >= 0.6 is 0 Å². The molecule has 0 aliphatic heterocycles. The molecule has 1 aromatic carbocycles. The Balaban J connectivity index is 2.16. The van der Waals surface area contributed by atoms with Gasteiger partial charge in [-0.3, -0.25) is 14.2 Å². The summed E-state index contributed by atoms with van der Waals surface area (Å²) >= 11 is 0. The molecular formula is C16H18N3O5-. The maximum absolute atomic E-state index is 12.3. The highest BCUT2D eigenvalue weighted by Crippen LogP contribution is 2.04. The predicted octanol–water partition coefficient (Wildman–Crippen LogP) is -1.03. The highest BCUT2D eigenvalue weighted by Gasteiger charge is 2.17. The normalized spacial score (nSPS) is 12.3. The lowest BCUT2D eigenvalue weighted by Crippen LogP contribution is -2.51. The van der Waals surface area contributed by atoms with E-state index < -0.39 is 29.2 Å². The number of nitrogens with zero attached hydrogens (tertiary/aromatic N) is 1. The number of carboxylic acid groups (broad SMARTS) is 1. The highest BCUT2D eigenvalue weighted by molar-refractivity contribution is 5.82. The molecule has 8 heteroatoms. The van der Waals surface area contributed by atoms with Gasteiger partial charge in [-0.2, -0.15) is 0 Å². The number of hydrogen-bond donors (Lipinski definition) is 2. The molecule has 0 radical (unpaired) electrons. The second kappa shape index (κ2) is 7.12. The van der Waals surface area contributed by atoms with Gasteiger partial charge in [0.05, 0.1) is 22.9 Å². The van der Waals surface area contributed by atoms with Crippen molar-refractivity contribution in [2.75, 3.05) is 0 Å². The molecule has 1 atom stereocenters. The average Bonchev–Trinajstić information content (AvgIpc) is 2.51. The smallest absolute Gasteiger partial charge is 0.328 e. The summed E-state index contributed by atoms with van der Waals surface area (Å²) in [6.45, 7) is 3.13. The molecule has 128 valence electrons. The fourth-order valence-electron chi connectivity index (χ4n) is 2.36. The number of hydrogen-bond acceptors (Lipinski definition) is 5. The number of benzene rings is 1. The summed E-state index contributed by atoms with van der Waals surface area (Å²) in [6, 6.07) is 5.44. The molecule has 1 amide bonds. The van der Waals surface area contributed by atoms with Crippen molar-refractivity contribution in [3.63, 3.8) is 0 Å². The third kappa shape index (κ3) is 3.70. The number of carbonyl (C=O) groups is 2. The number of H-pyrrole nitrogens is 1. The average molecular weight is 332 g/mol. The second-order valence-corrected chi connectivity index (χ2v) is 5.79. The van der Waals surface area contributed by atoms with Gasteiger partial charge in [-0.05, 0) is 18.1 Å². The molecule has 24 heavy (non-hydrogen) atoms. The van der Waals surface area contributed by atoms with Crippen LogP contribution in [0.1, 0.15) is 20.3 Å². The SMILES string of the molecule is CC(C)[C@H](NC(=O)CCn1c(=O)[nH]c2ccccc2c1=O)C(=O)[O-]. The Kier molecular flexibility index (Phi) is 5.18.